The molecular formula is C15H22ClN3O. The van der Waals surface area contributed by atoms with Gasteiger partial charge < -0.3 is 11.1 Å². The monoisotopic (exact) mass is 295 g/mol. The van der Waals surface area contributed by atoms with E-state index < -0.39 is 0 Å². The van der Waals surface area contributed by atoms with Gasteiger partial charge in [-0.05, 0) is 50.9 Å². The summed E-state index contributed by atoms with van der Waals surface area (Å²) >= 11 is 5.86. The minimum atomic E-state index is -0.141. The van der Waals surface area contributed by atoms with Crippen molar-refractivity contribution in [2.24, 2.45) is 0 Å². The quantitative estimate of drug-likeness (QED) is 0.793. The summed E-state index contributed by atoms with van der Waals surface area (Å²) in [6.07, 6.45) is 3.44. The van der Waals surface area contributed by atoms with E-state index in [2.05, 4.69) is 17.1 Å². The molecule has 0 radical (unpaired) electrons. The highest BCUT2D eigenvalue weighted by atomic mass is 35.5. The van der Waals surface area contributed by atoms with Crippen LogP contribution in [-0.2, 0) is 4.79 Å². The molecule has 1 amide bonds. The van der Waals surface area contributed by atoms with Gasteiger partial charge in [-0.2, -0.15) is 0 Å². The summed E-state index contributed by atoms with van der Waals surface area (Å²) in [6, 6.07) is 5.54. The zero-order valence-corrected chi connectivity index (χ0v) is 12.8. The number of nitrogens with zero attached hydrogens (tertiary/aromatic N) is 1. The minimum Gasteiger partial charge on any atom is -0.397 e. The van der Waals surface area contributed by atoms with Gasteiger partial charge in [-0.3, -0.25) is 9.69 Å². The van der Waals surface area contributed by atoms with Gasteiger partial charge in [-0.25, -0.2) is 0 Å². The first-order valence-corrected chi connectivity index (χ1v) is 7.52. The fraction of sp³-hybridized carbons (Fsp3) is 0.533. The van der Waals surface area contributed by atoms with Gasteiger partial charge in [0.25, 0.3) is 0 Å². The van der Waals surface area contributed by atoms with Crippen molar-refractivity contribution in [3.8, 4) is 0 Å². The van der Waals surface area contributed by atoms with Crippen LogP contribution in [0, 0.1) is 0 Å². The van der Waals surface area contributed by atoms with Gasteiger partial charge in [-0.15, -0.1) is 0 Å². The Morgan fingerprint density at radius 2 is 2.25 bits per heavy atom. The summed E-state index contributed by atoms with van der Waals surface area (Å²) in [5.41, 5.74) is 6.98. The van der Waals surface area contributed by atoms with E-state index in [9.17, 15) is 4.79 Å². The number of nitrogens with one attached hydrogen (secondary N) is 1. The van der Waals surface area contributed by atoms with Crippen LogP contribution < -0.4 is 11.1 Å². The molecule has 1 unspecified atom stereocenters. The van der Waals surface area contributed by atoms with E-state index in [1.54, 1.807) is 18.2 Å². The molecule has 1 atom stereocenters. The number of halogens is 1. The Labute approximate surface area is 125 Å². The van der Waals surface area contributed by atoms with Crippen molar-refractivity contribution in [2.45, 2.75) is 45.2 Å². The van der Waals surface area contributed by atoms with E-state index in [0.717, 1.165) is 13.0 Å². The number of hydrogen-bond acceptors (Lipinski definition) is 3. The van der Waals surface area contributed by atoms with Crippen LogP contribution in [0.1, 0.15) is 33.1 Å². The first-order chi connectivity index (χ1) is 9.52. The van der Waals surface area contributed by atoms with E-state index in [4.69, 9.17) is 17.3 Å². The highest BCUT2D eigenvalue weighted by molar-refractivity contribution is 6.31. The number of rotatable bonds is 6. The molecule has 5 heteroatoms. The maximum Gasteiger partial charge on any atom is 0.241 e. The maximum atomic E-state index is 12.4. The number of benzene rings is 1. The van der Waals surface area contributed by atoms with Crippen molar-refractivity contribution >= 4 is 28.9 Å². The van der Waals surface area contributed by atoms with Crippen LogP contribution in [0.3, 0.4) is 0 Å². The highest BCUT2D eigenvalue weighted by Gasteiger charge is 2.34. The van der Waals surface area contributed by atoms with Gasteiger partial charge in [0, 0.05) is 11.1 Å². The third-order valence-corrected chi connectivity index (χ3v) is 3.88. The number of hydrogen-bond donors (Lipinski definition) is 2. The molecular weight excluding hydrogens is 274 g/mol. The Kier molecular flexibility index (Phi) is 4.89. The lowest BCUT2D eigenvalue weighted by Gasteiger charge is -2.28. The Bertz CT molecular complexity index is 488. The molecule has 1 aliphatic carbocycles. The van der Waals surface area contributed by atoms with Gasteiger partial charge in [0.05, 0.1) is 17.4 Å². The lowest BCUT2D eigenvalue weighted by molar-refractivity contribution is -0.121. The van der Waals surface area contributed by atoms with Crippen molar-refractivity contribution in [3.63, 3.8) is 0 Å². The summed E-state index contributed by atoms with van der Waals surface area (Å²) in [4.78, 5) is 14.6. The van der Waals surface area contributed by atoms with Crippen LogP contribution in [0.25, 0.3) is 0 Å². The molecule has 1 aliphatic rings. The van der Waals surface area contributed by atoms with Crippen molar-refractivity contribution in [1.82, 2.24) is 4.90 Å². The number of nitrogen functional groups attached to an aromatic ring is 1. The number of carbonyl (C=O) groups excluding carboxylic acids is 1. The van der Waals surface area contributed by atoms with Crippen LogP contribution in [0.4, 0.5) is 11.4 Å². The highest BCUT2D eigenvalue weighted by Crippen LogP contribution is 2.29. The van der Waals surface area contributed by atoms with E-state index in [-0.39, 0.29) is 11.9 Å². The van der Waals surface area contributed by atoms with Crippen molar-refractivity contribution in [2.75, 3.05) is 17.6 Å². The van der Waals surface area contributed by atoms with Crippen LogP contribution in [-0.4, -0.2) is 29.4 Å². The first-order valence-electron chi connectivity index (χ1n) is 7.14. The minimum absolute atomic E-state index is 0.0145. The molecule has 1 aromatic rings. The number of anilines is 2. The van der Waals surface area contributed by atoms with Crippen molar-refractivity contribution in [3.05, 3.63) is 23.2 Å². The average molecular weight is 296 g/mol. The third kappa shape index (κ3) is 3.64. The summed E-state index contributed by atoms with van der Waals surface area (Å²) < 4.78 is 0. The van der Waals surface area contributed by atoms with E-state index in [1.807, 2.05) is 6.92 Å². The summed E-state index contributed by atoms with van der Waals surface area (Å²) in [5.74, 6) is -0.0145. The number of amides is 1. The van der Waals surface area contributed by atoms with Crippen molar-refractivity contribution < 1.29 is 4.79 Å². The van der Waals surface area contributed by atoms with Gasteiger partial charge in [0.1, 0.15) is 0 Å². The second-order valence-corrected chi connectivity index (χ2v) is 5.80. The molecule has 0 aliphatic heterocycles. The van der Waals surface area contributed by atoms with Crippen LogP contribution in [0.15, 0.2) is 18.2 Å². The molecule has 0 spiro atoms. The van der Waals surface area contributed by atoms with Gasteiger partial charge in [0.15, 0.2) is 0 Å². The molecule has 0 saturated heterocycles. The van der Waals surface area contributed by atoms with Crippen LogP contribution in [0.5, 0.6) is 0 Å². The molecule has 1 fully saturated rings. The molecule has 3 N–H and O–H groups in total. The first kappa shape index (κ1) is 15.1. The predicted molar refractivity (Wildman–Crippen MR) is 84.0 cm³/mol. The molecule has 20 heavy (non-hydrogen) atoms. The molecule has 0 aromatic heterocycles. The standard InChI is InChI=1S/C15H22ClN3O/c1-3-8-19(12-5-6-12)10(2)15(20)18-14-7-4-11(16)9-13(14)17/h4,7,9-10,12H,3,5-6,8,17H2,1-2H3,(H,18,20). The molecule has 0 heterocycles. The summed E-state index contributed by atoms with van der Waals surface area (Å²) in [5, 5.41) is 3.46. The van der Waals surface area contributed by atoms with E-state index in [0.29, 0.717) is 22.4 Å². The van der Waals surface area contributed by atoms with Gasteiger partial charge in [-0.1, -0.05) is 18.5 Å². The fourth-order valence-electron chi connectivity index (χ4n) is 2.39. The zero-order chi connectivity index (χ0) is 14.7. The second-order valence-electron chi connectivity index (χ2n) is 5.37. The van der Waals surface area contributed by atoms with Gasteiger partial charge >= 0.3 is 0 Å². The molecule has 110 valence electrons. The summed E-state index contributed by atoms with van der Waals surface area (Å²) in [7, 11) is 0. The lowest BCUT2D eigenvalue weighted by Crippen LogP contribution is -2.43. The smallest absolute Gasteiger partial charge is 0.241 e. The zero-order valence-electron chi connectivity index (χ0n) is 12.0. The molecule has 2 rings (SSSR count). The topological polar surface area (TPSA) is 58.4 Å². The second kappa shape index (κ2) is 6.46. The van der Waals surface area contributed by atoms with E-state index >= 15 is 0 Å². The van der Waals surface area contributed by atoms with E-state index in [1.165, 1.54) is 12.8 Å². The Morgan fingerprint density at radius 3 is 2.80 bits per heavy atom. The molecule has 1 saturated carbocycles. The average Bonchev–Trinajstić information content (AvgIpc) is 3.22. The van der Waals surface area contributed by atoms with Crippen LogP contribution in [0.2, 0.25) is 5.02 Å². The normalized spacial score (nSPS) is 16.2. The Balaban J connectivity index is 2.02. The Hall–Kier alpha value is -1.26. The predicted octanol–water partition coefficient (Wildman–Crippen LogP) is 3.12. The van der Waals surface area contributed by atoms with Crippen LogP contribution >= 0.6 is 11.6 Å². The molecule has 1 aromatic carbocycles. The fourth-order valence-corrected chi connectivity index (χ4v) is 2.57. The Morgan fingerprint density at radius 1 is 1.55 bits per heavy atom. The number of nitrogens with two attached hydrogens (primary N) is 1. The van der Waals surface area contributed by atoms with Crippen molar-refractivity contribution in [1.29, 1.82) is 0 Å². The third-order valence-electron chi connectivity index (χ3n) is 3.65. The lowest BCUT2D eigenvalue weighted by atomic mass is 10.2. The maximum absolute atomic E-state index is 12.4. The van der Waals surface area contributed by atoms with Gasteiger partial charge in [0.2, 0.25) is 5.91 Å². The number of carbonyl (C=O) groups is 1. The molecule has 0 bridgehead atoms. The molecule has 4 nitrogen and oxygen atoms in total. The summed E-state index contributed by atoms with van der Waals surface area (Å²) in [6.45, 7) is 5.04. The SMILES string of the molecule is CCCN(C1CC1)C(C)C(=O)Nc1ccc(Cl)cc1N. The largest absolute Gasteiger partial charge is 0.397 e.